The maximum absolute atomic E-state index is 13.2. The molecule has 0 amide bonds. The summed E-state index contributed by atoms with van der Waals surface area (Å²) in [5, 5.41) is 0. The molecule has 2 rings (SSSR count). The summed E-state index contributed by atoms with van der Waals surface area (Å²) in [5.41, 5.74) is 0.584. The third kappa shape index (κ3) is 4.24. The van der Waals surface area contributed by atoms with Crippen molar-refractivity contribution < 1.29 is 21.2 Å². The van der Waals surface area contributed by atoms with E-state index in [1.807, 2.05) is 0 Å². The highest BCUT2D eigenvalue weighted by atomic mass is 32.2. The second-order valence-corrected chi connectivity index (χ2v) is 9.49. The summed E-state index contributed by atoms with van der Waals surface area (Å²) in [4.78, 5) is -0.0274. The van der Waals surface area contributed by atoms with Crippen molar-refractivity contribution in [2.24, 2.45) is 0 Å². The van der Waals surface area contributed by atoms with E-state index in [4.69, 9.17) is 0 Å². The molecule has 9 heteroatoms. The Bertz CT molecular complexity index is 987. The van der Waals surface area contributed by atoms with Gasteiger partial charge in [-0.2, -0.15) is 0 Å². The Morgan fingerprint density at radius 2 is 1.64 bits per heavy atom. The van der Waals surface area contributed by atoms with E-state index in [1.165, 1.54) is 39.2 Å². The van der Waals surface area contributed by atoms with Crippen molar-refractivity contribution in [3.05, 3.63) is 59.4 Å². The van der Waals surface area contributed by atoms with Crippen molar-refractivity contribution in [3.63, 3.8) is 0 Å². The van der Waals surface area contributed by atoms with Gasteiger partial charge in [-0.15, -0.1) is 0 Å². The van der Waals surface area contributed by atoms with Crippen LogP contribution in [0.3, 0.4) is 0 Å². The van der Waals surface area contributed by atoms with E-state index in [2.05, 4.69) is 4.72 Å². The fourth-order valence-corrected chi connectivity index (χ4v) is 4.61. The number of nitrogens with one attached hydrogen (secondary N) is 1. The van der Waals surface area contributed by atoms with Gasteiger partial charge >= 0.3 is 0 Å². The number of nitrogens with zero attached hydrogens (tertiary/aromatic N) is 1. The van der Waals surface area contributed by atoms with Crippen molar-refractivity contribution >= 4 is 20.0 Å². The van der Waals surface area contributed by atoms with Gasteiger partial charge in [0.1, 0.15) is 5.82 Å². The Kier molecular flexibility index (Phi) is 5.62. The first kappa shape index (κ1) is 19.5. The lowest BCUT2D eigenvalue weighted by atomic mass is 10.2. The summed E-state index contributed by atoms with van der Waals surface area (Å²) in [6, 6.07) is 9.51. The highest BCUT2D eigenvalue weighted by Crippen LogP contribution is 2.20. The minimum absolute atomic E-state index is 0.0264. The molecule has 136 valence electrons. The quantitative estimate of drug-likeness (QED) is 0.821. The fraction of sp³-hybridized carbons (Fsp3) is 0.250. The predicted molar refractivity (Wildman–Crippen MR) is 92.5 cm³/mol. The van der Waals surface area contributed by atoms with Gasteiger partial charge in [-0.1, -0.05) is 18.2 Å². The molecule has 0 bridgehead atoms. The van der Waals surface area contributed by atoms with Crippen LogP contribution in [0.1, 0.15) is 11.1 Å². The summed E-state index contributed by atoms with van der Waals surface area (Å²) < 4.78 is 66.2. The second-order valence-electron chi connectivity index (χ2n) is 5.63. The van der Waals surface area contributed by atoms with Gasteiger partial charge in [-0.3, -0.25) is 0 Å². The molecule has 0 saturated heterocycles. The molecule has 6 nitrogen and oxygen atoms in total. The van der Waals surface area contributed by atoms with E-state index in [0.717, 1.165) is 16.4 Å². The summed E-state index contributed by atoms with van der Waals surface area (Å²) in [6.45, 7) is 1.28. The lowest BCUT2D eigenvalue weighted by molar-refractivity contribution is 0.519. The third-order valence-electron chi connectivity index (χ3n) is 3.61. The molecule has 0 aliphatic rings. The monoisotopic (exact) mass is 386 g/mol. The van der Waals surface area contributed by atoms with Gasteiger partial charge in [0.2, 0.25) is 20.0 Å². The topological polar surface area (TPSA) is 83.5 Å². The molecule has 0 aliphatic carbocycles. The number of halogens is 1. The standard InChI is InChI=1S/C16H19FN2O4S2/c1-12-10-14(17)8-9-15(12)24(20,21)18-11-13-6-4-5-7-16(13)25(22,23)19(2)3/h4-10,18H,11H2,1-3H3. The van der Waals surface area contributed by atoms with Crippen LogP contribution in [-0.4, -0.2) is 35.2 Å². The smallest absolute Gasteiger partial charge is 0.207 e. The zero-order chi connectivity index (χ0) is 18.8. The van der Waals surface area contributed by atoms with Crippen LogP contribution in [0.15, 0.2) is 52.3 Å². The fourth-order valence-electron chi connectivity index (χ4n) is 2.26. The normalized spacial score (nSPS) is 12.5. The Morgan fingerprint density at radius 1 is 1.00 bits per heavy atom. The summed E-state index contributed by atoms with van der Waals surface area (Å²) >= 11 is 0. The first-order chi connectivity index (χ1) is 11.6. The minimum atomic E-state index is -3.91. The Balaban J connectivity index is 2.33. The molecule has 0 spiro atoms. The lowest BCUT2D eigenvalue weighted by Gasteiger charge is -2.16. The van der Waals surface area contributed by atoms with Gasteiger partial charge in [0, 0.05) is 20.6 Å². The van der Waals surface area contributed by atoms with Crippen molar-refractivity contribution in [2.45, 2.75) is 23.3 Å². The van der Waals surface area contributed by atoms with Crippen LogP contribution < -0.4 is 4.72 Å². The molecule has 0 saturated carbocycles. The number of benzene rings is 2. The molecule has 1 N–H and O–H groups in total. The Hall–Kier alpha value is -1.81. The maximum Gasteiger partial charge on any atom is 0.242 e. The molecular weight excluding hydrogens is 367 g/mol. The highest BCUT2D eigenvalue weighted by molar-refractivity contribution is 7.89. The van der Waals surface area contributed by atoms with E-state index in [9.17, 15) is 21.2 Å². The first-order valence-electron chi connectivity index (χ1n) is 7.32. The van der Waals surface area contributed by atoms with E-state index >= 15 is 0 Å². The van der Waals surface area contributed by atoms with Crippen molar-refractivity contribution in [1.82, 2.24) is 9.03 Å². The number of hydrogen-bond donors (Lipinski definition) is 1. The summed E-state index contributed by atoms with van der Waals surface area (Å²) in [7, 11) is -4.82. The number of rotatable bonds is 6. The number of aryl methyl sites for hydroxylation is 1. The van der Waals surface area contributed by atoms with Gasteiger partial charge in [0.05, 0.1) is 9.79 Å². The molecule has 0 fully saturated rings. The van der Waals surface area contributed by atoms with Crippen LogP contribution in [0, 0.1) is 12.7 Å². The molecule has 2 aromatic carbocycles. The lowest BCUT2D eigenvalue weighted by Crippen LogP contribution is -2.27. The molecule has 0 radical (unpaired) electrons. The van der Waals surface area contributed by atoms with Gasteiger partial charge in [0.15, 0.2) is 0 Å². The highest BCUT2D eigenvalue weighted by Gasteiger charge is 2.22. The maximum atomic E-state index is 13.2. The zero-order valence-corrected chi connectivity index (χ0v) is 15.7. The average Bonchev–Trinajstić information content (AvgIpc) is 2.52. The number of hydrogen-bond acceptors (Lipinski definition) is 4. The largest absolute Gasteiger partial charge is 0.242 e. The minimum Gasteiger partial charge on any atom is -0.207 e. The summed E-state index contributed by atoms with van der Waals surface area (Å²) in [6.07, 6.45) is 0. The van der Waals surface area contributed by atoms with Crippen molar-refractivity contribution in [1.29, 1.82) is 0 Å². The van der Waals surface area contributed by atoms with E-state index in [1.54, 1.807) is 12.1 Å². The summed E-state index contributed by atoms with van der Waals surface area (Å²) in [5.74, 6) is -0.529. The Labute approximate surface area is 147 Å². The van der Waals surface area contributed by atoms with Gasteiger partial charge in [0.25, 0.3) is 0 Å². The van der Waals surface area contributed by atoms with Crippen LogP contribution in [0.2, 0.25) is 0 Å². The van der Waals surface area contributed by atoms with E-state index in [-0.39, 0.29) is 21.9 Å². The van der Waals surface area contributed by atoms with Gasteiger partial charge < -0.3 is 0 Å². The second kappa shape index (κ2) is 7.20. The Morgan fingerprint density at radius 3 is 2.24 bits per heavy atom. The SMILES string of the molecule is Cc1cc(F)ccc1S(=O)(=O)NCc1ccccc1S(=O)(=O)N(C)C. The van der Waals surface area contributed by atoms with E-state index in [0.29, 0.717) is 5.56 Å². The van der Waals surface area contributed by atoms with Crippen LogP contribution in [0.4, 0.5) is 4.39 Å². The van der Waals surface area contributed by atoms with Crippen LogP contribution in [-0.2, 0) is 26.6 Å². The molecule has 2 aromatic rings. The van der Waals surface area contributed by atoms with Crippen LogP contribution in [0.5, 0.6) is 0 Å². The molecule has 0 atom stereocenters. The predicted octanol–water partition coefficient (Wildman–Crippen LogP) is 1.86. The molecule has 0 aromatic heterocycles. The van der Waals surface area contributed by atoms with E-state index < -0.39 is 25.9 Å². The van der Waals surface area contributed by atoms with Crippen molar-refractivity contribution in [2.75, 3.05) is 14.1 Å². The first-order valence-corrected chi connectivity index (χ1v) is 10.2. The average molecular weight is 386 g/mol. The zero-order valence-electron chi connectivity index (χ0n) is 14.0. The molecule has 0 unspecified atom stereocenters. The number of sulfonamides is 2. The molecule has 0 heterocycles. The van der Waals surface area contributed by atoms with Crippen LogP contribution in [0.25, 0.3) is 0 Å². The third-order valence-corrected chi connectivity index (χ3v) is 7.09. The van der Waals surface area contributed by atoms with Gasteiger partial charge in [-0.05, 0) is 42.3 Å². The van der Waals surface area contributed by atoms with Gasteiger partial charge in [-0.25, -0.2) is 30.3 Å². The molecule has 0 aliphatic heterocycles. The van der Waals surface area contributed by atoms with Crippen molar-refractivity contribution in [3.8, 4) is 0 Å². The van der Waals surface area contributed by atoms with Crippen LogP contribution >= 0.6 is 0 Å². The molecule has 25 heavy (non-hydrogen) atoms. The molecular formula is C16H19FN2O4S2.